The van der Waals surface area contributed by atoms with E-state index in [4.69, 9.17) is 15.6 Å². The van der Waals surface area contributed by atoms with Gasteiger partial charge in [-0.1, -0.05) is 40.2 Å². The second-order valence-electron chi connectivity index (χ2n) is 4.69. The molecule has 0 aromatic heterocycles. The maximum atomic E-state index is 11.7. The van der Waals surface area contributed by atoms with E-state index in [0.29, 0.717) is 23.6 Å². The number of nitrogens with two attached hydrogens (primary N) is 1. The molecule has 5 heteroatoms. The van der Waals surface area contributed by atoms with Crippen LogP contribution >= 0.6 is 15.9 Å². The number of carbonyl (C=O) groups is 1. The second kappa shape index (κ2) is 6.74. The molecule has 0 bridgehead atoms. The molecule has 110 valence electrons. The molecule has 0 fully saturated rings. The summed E-state index contributed by atoms with van der Waals surface area (Å²) >= 11 is 3.32. The highest BCUT2D eigenvalue weighted by molar-refractivity contribution is 9.10. The van der Waals surface area contributed by atoms with Gasteiger partial charge < -0.3 is 15.6 Å². The van der Waals surface area contributed by atoms with Crippen molar-refractivity contribution in [2.75, 3.05) is 5.73 Å². The standard InChI is InChI=1S/C16H16BrNO3/c1-10(20)14-6-13(17)7-15(18)16(14)21-9-12-4-2-11(8-19)3-5-12/h2-7,19H,8-9,18H2,1H3. The summed E-state index contributed by atoms with van der Waals surface area (Å²) in [5.74, 6) is 0.297. The number of benzene rings is 2. The number of hydrogen-bond acceptors (Lipinski definition) is 4. The van der Waals surface area contributed by atoms with Crippen LogP contribution in [-0.4, -0.2) is 10.9 Å². The molecule has 0 radical (unpaired) electrons. The first-order chi connectivity index (χ1) is 10.0. The van der Waals surface area contributed by atoms with Crippen molar-refractivity contribution in [1.29, 1.82) is 0 Å². The smallest absolute Gasteiger partial charge is 0.163 e. The molecule has 0 aliphatic rings. The fourth-order valence-corrected chi connectivity index (χ4v) is 2.41. The molecular formula is C16H16BrNO3. The Kier molecular flexibility index (Phi) is 4.98. The Balaban J connectivity index is 2.20. The number of halogens is 1. The highest BCUT2D eigenvalue weighted by atomic mass is 79.9. The Bertz CT molecular complexity index is 653. The zero-order valence-corrected chi connectivity index (χ0v) is 13.2. The van der Waals surface area contributed by atoms with Crippen molar-refractivity contribution < 1.29 is 14.6 Å². The van der Waals surface area contributed by atoms with Crippen LogP contribution in [0.25, 0.3) is 0 Å². The van der Waals surface area contributed by atoms with Gasteiger partial charge in [0.05, 0.1) is 17.9 Å². The van der Waals surface area contributed by atoms with E-state index in [1.807, 2.05) is 24.3 Å². The first kappa shape index (κ1) is 15.5. The van der Waals surface area contributed by atoms with Gasteiger partial charge in [0.15, 0.2) is 11.5 Å². The van der Waals surface area contributed by atoms with Gasteiger partial charge in [0.25, 0.3) is 0 Å². The third-order valence-electron chi connectivity index (χ3n) is 3.05. The molecule has 0 aliphatic carbocycles. The molecule has 0 aliphatic heterocycles. The molecule has 0 spiro atoms. The Morgan fingerprint density at radius 1 is 1.24 bits per heavy atom. The van der Waals surface area contributed by atoms with Crippen molar-refractivity contribution in [3.8, 4) is 5.75 Å². The fraction of sp³-hybridized carbons (Fsp3) is 0.188. The van der Waals surface area contributed by atoms with E-state index in [-0.39, 0.29) is 12.4 Å². The second-order valence-corrected chi connectivity index (χ2v) is 5.61. The topological polar surface area (TPSA) is 72.6 Å². The Morgan fingerprint density at radius 3 is 2.43 bits per heavy atom. The van der Waals surface area contributed by atoms with E-state index in [1.54, 1.807) is 12.1 Å². The Labute approximate surface area is 131 Å². The molecule has 2 aromatic carbocycles. The molecule has 21 heavy (non-hydrogen) atoms. The number of ketones is 1. The quantitative estimate of drug-likeness (QED) is 0.641. The van der Waals surface area contributed by atoms with Gasteiger partial charge in [-0.05, 0) is 30.2 Å². The lowest BCUT2D eigenvalue weighted by Gasteiger charge is -2.13. The van der Waals surface area contributed by atoms with Crippen LogP contribution in [0.1, 0.15) is 28.4 Å². The fourth-order valence-electron chi connectivity index (χ4n) is 1.93. The summed E-state index contributed by atoms with van der Waals surface area (Å²) in [5, 5.41) is 9.01. The van der Waals surface area contributed by atoms with E-state index >= 15 is 0 Å². The van der Waals surface area contributed by atoms with Crippen molar-refractivity contribution in [3.05, 3.63) is 57.6 Å². The predicted molar refractivity (Wildman–Crippen MR) is 85.3 cm³/mol. The lowest BCUT2D eigenvalue weighted by atomic mass is 10.1. The molecular weight excluding hydrogens is 334 g/mol. The van der Waals surface area contributed by atoms with Crippen LogP contribution in [0.5, 0.6) is 5.75 Å². The zero-order valence-electron chi connectivity index (χ0n) is 11.6. The number of aliphatic hydroxyl groups is 1. The lowest BCUT2D eigenvalue weighted by molar-refractivity contribution is 0.101. The third kappa shape index (κ3) is 3.83. The van der Waals surface area contributed by atoms with Gasteiger partial charge in [-0.2, -0.15) is 0 Å². The molecule has 2 rings (SSSR count). The van der Waals surface area contributed by atoms with Crippen LogP contribution in [0.3, 0.4) is 0 Å². The molecule has 0 amide bonds. The van der Waals surface area contributed by atoms with Crippen molar-refractivity contribution in [2.45, 2.75) is 20.1 Å². The summed E-state index contributed by atoms with van der Waals surface area (Å²) in [4.78, 5) is 11.7. The number of ether oxygens (including phenoxy) is 1. The minimum Gasteiger partial charge on any atom is -0.486 e. The van der Waals surface area contributed by atoms with Crippen molar-refractivity contribution in [3.63, 3.8) is 0 Å². The molecule has 4 nitrogen and oxygen atoms in total. The molecule has 3 N–H and O–H groups in total. The van der Waals surface area contributed by atoms with E-state index in [1.165, 1.54) is 6.92 Å². The van der Waals surface area contributed by atoms with E-state index in [0.717, 1.165) is 15.6 Å². The van der Waals surface area contributed by atoms with E-state index in [2.05, 4.69) is 15.9 Å². The van der Waals surface area contributed by atoms with Crippen LogP contribution in [0.4, 0.5) is 5.69 Å². The summed E-state index contributed by atoms with van der Waals surface area (Å²) in [6.45, 7) is 1.79. The van der Waals surface area contributed by atoms with Crippen molar-refractivity contribution in [2.24, 2.45) is 0 Å². The normalized spacial score (nSPS) is 10.4. The van der Waals surface area contributed by atoms with Gasteiger partial charge in [-0.25, -0.2) is 0 Å². The lowest BCUT2D eigenvalue weighted by Crippen LogP contribution is -2.05. The summed E-state index contributed by atoms with van der Waals surface area (Å²) in [6, 6.07) is 10.8. The van der Waals surface area contributed by atoms with E-state index in [9.17, 15) is 4.79 Å². The maximum absolute atomic E-state index is 11.7. The van der Waals surface area contributed by atoms with Crippen LogP contribution in [0.2, 0.25) is 0 Å². The van der Waals surface area contributed by atoms with Crippen molar-refractivity contribution in [1.82, 2.24) is 0 Å². The number of rotatable bonds is 5. The van der Waals surface area contributed by atoms with E-state index < -0.39 is 0 Å². The minimum atomic E-state index is -0.103. The average Bonchev–Trinajstić information content (AvgIpc) is 2.46. The number of hydrogen-bond donors (Lipinski definition) is 2. The first-order valence-corrected chi connectivity index (χ1v) is 7.22. The third-order valence-corrected chi connectivity index (χ3v) is 3.51. The SMILES string of the molecule is CC(=O)c1cc(Br)cc(N)c1OCc1ccc(CO)cc1. The minimum absolute atomic E-state index is 0.00921. The van der Waals surface area contributed by atoms with Gasteiger partial charge in [0.1, 0.15) is 6.61 Å². The largest absolute Gasteiger partial charge is 0.486 e. The van der Waals surface area contributed by atoms with Crippen LogP contribution < -0.4 is 10.5 Å². The molecule has 0 atom stereocenters. The van der Waals surface area contributed by atoms with Crippen LogP contribution in [0, 0.1) is 0 Å². The Hall–Kier alpha value is -1.85. The number of carbonyl (C=O) groups excluding carboxylic acids is 1. The molecule has 0 heterocycles. The highest BCUT2D eigenvalue weighted by Crippen LogP contribution is 2.31. The van der Waals surface area contributed by atoms with Gasteiger partial charge in [-0.15, -0.1) is 0 Å². The van der Waals surface area contributed by atoms with Crippen molar-refractivity contribution >= 4 is 27.4 Å². The summed E-state index contributed by atoms with van der Waals surface area (Å²) in [5.41, 5.74) is 8.57. The maximum Gasteiger partial charge on any atom is 0.163 e. The molecule has 0 saturated carbocycles. The van der Waals surface area contributed by atoms with Crippen LogP contribution in [0.15, 0.2) is 40.9 Å². The molecule has 0 unspecified atom stereocenters. The predicted octanol–water partition coefficient (Wildman–Crippen LogP) is 3.31. The number of Topliss-reactive ketones (excluding diaryl/α,β-unsaturated/α-hetero) is 1. The first-order valence-electron chi connectivity index (χ1n) is 6.42. The van der Waals surface area contributed by atoms with Gasteiger partial charge in [0, 0.05) is 4.47 Å². The summed E-state index contributed by atoms with van der Waals surface area (Å²) < 4.78 is 6.46. The summed E-state index contributed by atoms with van der Waals surface area (Å²) in [6.07, 6.45) is 0. The van der Waals surface area contributed by atoms with Crippen LogP contribution in [-0.2, 0) is 13.2 Å². The summed E-state index contributed by atoms with van der Waals surface area (Å²) in [7, 11) is 0. The van der Waals surface area contributed by atoms with Gasteiger partial charge >= 0.3 is 0 Å². The van der Waals surface area contributed by atoms with Gasteiger partial charge in [-0.3, -0.25) is 4.79 Å². The number of anilines is 1. The highest BCUT2D eigenvalue weighted by Gasteiger charge is 2.13. The van der Waals surface area contributed by atoms with Gasteiger partial charge in [0.2, 0.25) is 0 Å². The average molecular weight is 350 g/mol. The monoisotopic (exact) mass is 349 g/mol. The Morgan fingerprint density at radius 2 is 1.86 bits per heavy atom. The molecule has 0 saturated heterocycles. The number of nitrogen functional groups attached to an aromatic ring is 1. The zero-order chi connectivity index (χ0) is 15.4. The number of aliphatic hydroxyl groups excluding tert-OH is 1. The molecule has 2 aromatic rings.